The summed E-state index contributed by atoms with van der Waals surface area (Å²) in [6.45, 7) is 0. The van der Waals surface area contributed by atoms with E-state index < -0.39 is 17.3 Å². The van der Waals surface area contributed by atoms with Crippen molar-refractivity contribution in [3.63, 3.8) is 0 Å². The molecule has 3 nitrogen and oxygen atoms in total. The Morgan fingerprint density at radius 2 is 1.89 bits per heavy atom. The Morgan fingerprint density at radius 1 is 1.15 bits per heavy atom. The summed E-state index contributed by atoms with van der Waals surface area (Å²) >= 11 is 5.60. The van der Waals surface area contributed by atoms with E-state index in [0.717, 1.165) is 0 Å². The van der Waals surface area contributed by atoms with Crippen LogP contribution < -0.4 is 0 Å². The molecule has 9 heteroatoms. The number of aryl methyl sites for hydroxylation is 2. The van der Waals surface area contributed by atoms with Crippen LogP contribution in [0.3, 0.4) is 0 Å². The van der Waals surface area contributed by atoms with Gasteiger partial charge >= 0.3 is 11.5 Å². The number of benzene rings is 2. The molecule has 0 bridgehead atoms. The van der Waals surface area contributed by atoms with Crippen LogP contribution in [0.4, 0.5) is 17.6 Å². The molecule has 0 atom stereocenters. The van der Waals surface area contributed by atoms with Gasteiger partial charge in [-0.1, -0.05) is 17.7 Å². The van der Waals surface area contributed by atoms with E-state index in [2.05, 4.69) is 0 Å². The van der Waals surface area contributed by atoms with Gasteiger partial charge in [-0.3, -0.25) is 0 Å². The van der Waals surface area contributed by atoms with Gasteiger partial charge in [-0.25, -0.2) is 9.18 Å². The van der Waals surface area contributed by atoms with Gasteiger partial charge < -0.3 is 9.52 Å². The third-order valence-electron chi connectivity index (χ3n) is 3.80. The molecule has 0 saturated heterocycles. The number of halogens is 5. The van der Waals surface area contributed by atoms with Gasteiger partial charge in [-0.05, 0) is 66.1 Å². The molecule has 2 aromatic carbocycles. The number of thioether (sulfide) groups is 1. The topological polar surface area (TPSA) is 50.4 Å². The first kappa shape index (κ1) is 19.6. The lowest BCUT2D eigenvalue weighted by Crippen LogP contribution is -2.00. The quantitative estimate of drug-likeness (QED) is 0.389. The number of alkyl halides is 3. The number of carbonyl (C=O) groups is 1. The molecule has 0 fully saturated rings. The summed E-state index contributed by atoms with van der Waals surface area (Å²) in [5.74, 6) is -2.05. The minimum Gasteiger partial charge on any atom is -0.475 e. The van der Waals surface area contributed by atoms with Crippen molar-refractivity contribution in [2.24, 2.45) is 0 Å². The normalized spacial score (nSPS) is 11.9. The van der Waals surface area contributed by atoms with E-state index in [1.54, 1.807) is 0 Å². The number of hydrogen-bond donors (Lipinski definition) is 1. The summed E-state index contributed by atoms with van der Waals surface area (Å²) < 4.78 is 56.7. The summed E-state index contributed by atoms with van der Waals surface area (Å²) in [5, 5.41) is 9.24. The number of carboxylic acids is 1. The highest BCUT2D eigenvalue weighted by Crippen LogP contribution is 2.40. The van der Waals surface area contributed by atoms with Crippen LogP contribution in [0.25, 0.3) is 11.0 Å². The maximum Gasteiger partial charge on any atom is 0.446 e. The zero-order valence-electron chi connectivity index (χ0n) is 13.4. The Labute approximate surface area is 159 Å². The van der Waals surface area contributed by atoms with Crippen LogP contribution in [0, 0.1) is 5.82 Å². The van der Waals surface area contributed by atoms with Crippen LogP contribution in [0.2, 0.25) is 5.02 Å². The van der Waals surface area contributed by atoms with E-state index >= 15 is 0 Å². The lowest BCUT2D eigenvalue weighted by atomic mass is 10.0. The zero-order chi connectivity index (χ0) is 19.8. The van der Waals surface area contributed by atoms with E-state index in [4.69, 9.17) is 21.1 Å². The van der Waals surface area contributed by atoms with Crippen LogP contribution in [0.1, 0.15) is 21.7 Å². The third-order valence-corrected chi connectivity index (χ3v) is 5.03. The molecule has 1 N–H and O–H groups in total. The molecule has 1 heterocycles. The number of rotatable bonds is 5. The standard InChI is InChI=1S/C18H11ClF4O3S/c19-12-5-9(2-4-16(12)27-18(21,22)23)1-3-10-7-14-11(6-13(10)20)8-15(26-14)17(24)25/h2,4-8H,1,3H2,(H,24,25). The monoisotopic (exact) mass is 418 g/mol. The molecule has 1 aromatic heterocycles. The first-order chi connectivity index (χ1) is 12.6. The second kappa shape index (κ2) is 7.44. The summed E-state index contributed by atoms with van der Waals surface area (Å²) in [6.07, 6.45) is 0.582. The van der Waals surface area contributed by atoms with Gasteiger partial charge in [0.2, 0.25) is 5.76 Å². The molecule has 0 amide bonds. The fourth-order valence-electron chi connectivity index (χ4n) is 2.58. The van der Waals surface area contributed by atoms with Crippen LogP contribution in [-0.2, 0) is 12.8 Å². The van der Waals surface area contributed by atoms with Gasteiger partial charge in [0.25, 0.3) is 0 Å². The summed E-state index contributed by atoms with van der Waals surface area (Å²) in [4.78, 5) is 10.8. The van der Waals surface area contributed by atoms with Crippen molar-refractivity contribution in [2.75, 3.05) is 0 Å². The zero-order valence-corrected chi connectivity index (χ0v) is 15.0. The van der Waals surface area contributed by atoms with Crippen molar-refractivity contribution in [3.8, 4) is 0 Å². The van der Waals surface area contributed by atoms with Crippen molar-refractivity contribution in [2.45, 2.75) is 23.2 Å². The predicted octanol–water partition coefficient (Wildman–Crippen LogP) is 6.32. The van der Waals surface area contributed by atoms with Crippen LogP contribution in [0.15, 0.2) is 45.7 Å². The largest absolute Gasteiger partial charge is 0.475 e. The number of furan rings is 1. The third kappa shape index (κ3) is 4.75. The summed E-state index contributed by atoms with van der Waals surface area (Å²) in [7, 11) is 0. The van der Waals surface area contributed by atoms with Gasteiger partial charge in [0.1, 0.15) is 11.4 Å². The van der Waals surface area contributed by atoms with Gasteiger partial charge in [0.15, 0.2) is 0 Å². The molecule has 0 aliphatic heterocycles. The average Bonchev–Trinajstić information content (AvgIpc) is 2.97. The maximum atomic E-state index is 14.2. The molecule has 0 unspecified atom stereocenters. The Balaban J connectivity index is 1.77. The van der Waals surface area contributed by atoms with E-state index in [0.29, 0.717) is 22.9 Å². The predicted molar refractivity (Wildman–Crippen MR) is 93.9 cm³/mol. The van der Waals surface area contributed by atoms with Crippen molar-refractivity contribution >= 4 is 40.3 Å². The highest BCUT2D eigenvalue weighted by molar-refractivity contribution is 8.00. The van der Waals surface area contributed by atoms with E-state index in [9.17, 15) is 22.4 Å². The molecule has 0 aliphatic rings. The Bertz CT molecular complexity index is 1010. The fourth-order valence-corrected chi connectivity index (χ4v) is 3.45. The molecule has 27 heavy (non-hydrogen) atoms. The summed E-state index contributed by atoms with van der Waals surface area (Å²) in [5.41, 5.74) is -3.23. The Morgan fingerprint density at radius 3 is 2.52 bits per heavy atom. The molecule has 0 aliphatic carbocycles. The highest BCUT2D eigenvalue weighted by atomic mass is 35.5. The van der Waals surface area contributed by atoms with Gasteiger partial charge in [0.05, 0.1) is 5.02 Å². The van der Waals surface area contributed by atoms with Gasteiger partial charge in [0, 0.05) is 10.3 Å². The number of fused-ring (bicyclic) bond motifs is 1. The minimum absolute atomic E-state index is 0.0251. The smallest absolute Gasteiger partial charge is 0.446 e. The molecule has 3 rings (SSSR count). The molecule has 0 saturated carbocycles. The lowest BCUT2D eigenvalue weighted by molar-refractivity contribution is -0.0328. The van der Waals surface area contributed by atoms with Gasteiger partial charge in [-0.15, -0.1) is 0 Å². The molecular weight excluding hydrogens is 408 g/mol. The number of hydrogen-bond acceptors (Lipinski definition) is 3. The first-order valence-electron chi connectivity index (χ1n) is 7.62. The highest BCUT2D eigenvalue weighted by Gasteiger charge is 2.30. The van der Waals surface area contributed by atoms with Crippen LogP contribution >= 0.6 is 23.4 Å². The average molecular weight is 419 g/mol. The van der Waals surface area contributed by atoms with Crippen LogP contribution in [-0.4, -0.2) is 16.6 Å². The molecule has 142 valence electrons. The van der Waals surface area contributed by atoms with Crippen LogP contribution in [0.5, 0.6) is 0 Å². The second-order valence-corrected chi connectivity index (χ2v) is 7.22. The first-order valence-corrected chi connectivity index (χ1v) is 8.81. The van der Waals surface area contributed by atoms with Crippen molar-refractivity contribution in [1.82, 2.24) is 0 Å². The Kier molecular flexibility index (Phi) is 5.39. The molecule has 3 aromatic rings. The molecular formula is C18H11ClF4O3S. The van der Waals surface area contributed by atoms with E-state index in [-0.39, 0.29) is 39.4 Å². The van der Waals surface area contributed by atoms with E-state index in [1.165, 1.54) is 36.4 Å². The second-order valence-electron chi connectivity index (χ2n) is 5.71. The number of aromatic carboxylic acids is 1. The molecule has 0 radical (unpaired) electrons. The minimum atomic E-state index is -4.43. The van der Waals surface area contributed by atoms with Gasteiger partial charge in [-0.2, -0.15) is 13.2 Å². The fraction of sp³-hybridized carbons (Fsp3) is 0.167. The molecule has 0 spiro atoms. The van der Waals surface area contributed by atoms with Crippen molar-refractivity contribution in [3.05, 3.63) is 64.1 Å². The van der Waals surface area contributed by atoms with E-state index in [1.807, 2.05) is 0 Å². The summed E-state index contributed by atoms with van der Waals surface area (Å²) in [6, 6.07) is 8.05. The van der Waals surface area contributed by atoms with Crippen molar-refractivity contribution < 1.29 is 31.9 Å². The van der Waals surface area contributed by atoms with Crippen molar-refractivity contribution in [1.29, 1.82) is 0 Å². The lowest BCUT2D eigenvalue weighted by Gasteiger charge is -2.09. The maximum absolute atomic E-state index is 14.2. The SMILES string of the molecule is O=C(O)c1cc2cc(F)c(CCc3ccc(SC(F)(F)F)c(Cl)c3)cc2o1. The number of carboxylic acid groups (broad SMARTS) is 1. The Hall–Kier alpha value is -2.19.